The molecule has 15 heavy (non-hydrogen) atoms. The minimum Gasteiger partial charge on any atom is -0.427 e. The number of carbonyl (C=O) groups is 1. The summed E-state index contributed by atoms with van der Waals surface area (Å²) in [5.41, 5.74) is 6.39. The predicted octanol–water partition coefficient (Wildman–Crippen LogP) is 2.24. The van der Waals surface area contributed by atoms with Gasteiger partial charge in [-0.15, -0.1) is 11.6 Å². The molecule has 0 saturated carbocycles. The molecule has 0 bridgehead atoms. The molecule has 0 spiro atoms. The number of hydrogen-bond donors (Lipinski definition) is 1. The smallest absolute Gasteiger partial charge is 0.308 e. The second-order valence-electron chi connectivity index (χ2n) is 3.21. The monoisotopic (exact) mass is 227 g/mol. The molecule has 1 aromatic carbocycles. The zero-order valence-corrected chi connectivity index (χ0v) is 9.33. The maximum Gasteiger partial charge on any atom is 0.308 e. The number of ether oxygens (including phenoxy) is 1. The van der Waals surface area contributed by atoms with Crippen molar-refractivity contribution < 1.29 is 9.53 Å². The van der Waals surface area contributed by atoms with Gasteiger partial charge in [-0.3, -0.25) is 4.79 Å². The first-order chi connectivity index (χ1) is 7.13. The molecule has 0 heterocycles. The molecule has 3 nitrogen and oxygen atoms in total. The van der Waals surface area contributed by atoms with Gasteiger partial charge in [-0.2, -0.15) is 0 Å². The lowest BCUT2D eigenvalue weighted by molar-refractivity contribution is -0.131. The predicted molar refractivity (Wildman–Crippen MR) is 60.0 cm³/mol. The van der Waals surface area contributed by atoms with Crippen LogP contribution >= 0.6 is 11.6 Å². The van der Waals surface area contributed by atoms with Crippen LogP contribution in [-0.4, -0.2) is 12.5 Å². The number of rotatable bonds is 4. The van der Waals surface area contributed by atoms with Crippen molar-refractivity contribution in [2.45, 2.75) is 18.7 Å². The number of hydrogen-bond acceptors (Lipinski definition) is 3. The fourth-order valence-corrected chi connectivity index (χ4v) is 1.50. The zero-order valence-electron chi connectivity index (χ0n) is 8.57. The van der Waals surface area contributed by atoms with Crippen LogP contribution in [0.5, 0.6) is 5.75 Å². The van der Waals surface area contributed by atoms with Crippen molar-refractivity contribution in [3.05, 3.63) is 29.8 Å². The lowest BCUT2D eigenvalue weighted by atomic mass is 10.1. The highest BCUT2D eigenvalue weighted by molar-refractivity contribution is 6.20. The second-order valence-corrected chi connectivity index (χ2v) is 3.73. The molecule has 0 saturated heterocycles. The third kappa shape index (κ3) is 3.90. The SMILES string of the molecule is CC(=O)Oc1ccc(C(Cl)CCN)cc1. The van der Waals surface area contributed by atoms with Crippen molar-refractivity contribution in [3.8, 4) is 5.75 Å². The average molecular weight is 228 g/mol. The Morgan fingerprint density at radius 3 is 2.53 bits per heavy atom. The quantitative estimate of drug-likeness (QED) is 0.488. The van der Waals surface area contributed by atoms with E-state index >= 15 is 0 Å². The van der Waals surface area contributed by atoms with Crippen molar-refractivity contribution in [2.75, 3.05) is 6.54 Å². The first kappa shape index (κ1) is 12.0. The van der Waals surface area contributed by atoms with Gasteiger partial charge in [0.1, 0.15) is 5.75 Å². The van der Waals surface area contributed by atoms with Gasteiger partial charge in [0.2, 0.25) is 0 Å². The van der Waals surface area contributed by atoms with E-state index in [2.05, 4.69) is 0 Å². The molecule has 4 heteroatoms. The van der Waals surface area contributed by atoms with Crippen molar-refractivity contribution in [3.63, 3.8) is 0 Å². The standard InChI is InChI=1S/C11H14ClNO2/c1-8(14)15-10-4-2-9(3-5-10)11(12)6-7-13/h2-5,11H,6-7,13H2,1H3. The number of nitrogens with two attached hydrogens (primary N) is 1. The summed E-state index contributed by atoms with van der Waals surface area (Å²) in [6, 6.07) is 7.13. The molecule has 0 aliphatic heterocycles. The Hall–Kier alpha value is -1.06. The minimum absolute atomic E-state index is 0.0821. The molecule has 0 amide bonds. The molecule has 1 rings (SSSR count). The van der Waals surface area contributed by atoms with Gasteiger partial charge in [-0.05, 0) is 30.7 Å². The van der Waals surface area contributed by atoms with Crippen molar-refractivity contribution in [2.24, 2.45) is 5.73 Å². The Labute approximate surface area is 94.2 Å². The van der Waals surface area contributed by atoms with Crippen molar-refractivity contribution in [1.29, 1.82) is 0 Å². The van der Waals surface area contributed by atoms with Gasteiger partial charge >= 0.3 is 5.97 Å². The molecule has 1 unspecified atom stereocenters. The van der Waals surface area contributed by atoms with Crippen molar-refractivity contribution in [1.82, 2.24) is 0 Å². The van der Waals surface area contributed by atoms with E-state index in [9.17, 15) is 4.79 Å². The molecule has 82 valence electrons. The number of esters is 1. The fourth-order valence-electron chi connectivity index (χ4n) is 1.22. The van der Waals surface area contributed by atoms with E-state index in [4.69, 9.17) is 22.1 Å². The third-order valence-corrected chi connectivity index (χ3v) is 2.39. The molecule has 0 aliphatic carbocycles. The summed E-state index contributed by atoms with van der Waals surface area (Å²) >= 11 is 6.08. The van der Waals surface area contributed by atoms with Crippen LogP contribution in [0.2, 0.25) is 0 Å². The normalized spacial score (nSPS) is 12.2. The number of carbonyl (C=O) groups excluding carboxylic acids is 1. The Morgan fingerprint density at radius 2 is 2.07 bits per heavy atom. The van der Waals surface area contributed by atoms with Crippen LogP contribution in [0.25, 0.3) is 0 Å². The van der Waals surface area contributed by atoms with Gasteiger partial charge in [0, 0.05) is 6.92 Å². The Bertz CT molecular complexity index is 324. The molecule has 0 fully saturated rings. The lowest BCUT2D eigenvalue weighted by Gasteiger charge is -2.08. The number of halogens is 1. The highest BCUT2D eigenvalue weighted by Crippen LogP contribution is 2.25. The third-order valence-electron chi connectivity index (χ3n) is 1.92. The van der Waals surface area contributed by atoms with Crippen LogP contribution in [-0.2, 0) is 4.79 Å². The van der Waals surface area contributed by atoms with E-state index in [-0.39, 0.29) is 11.3 Å². The van der Waals surface area contributed by atoms with Crippen LogP contribution < -0.4 is 10.5 Å². The molecule has 1 aromatic rings. The molecule has 1 atom stereocenters. The summed E-state index contributed by atoms with van der Waals surface area (Å²) in [6.07, 6.45) is 0.731. The topological polar surface area (TPSA) is 52.3 Å². The first-order valence-corrected chi connectivity index (χ1v) is 5.19. The second kappa shape index (κ2) is 5.73. The van der Waals surface area contributed by atoms with E-state index in [0.29, 0.717) is 12.3 Å². The largest absolute Gasteiger partial charge is 0.427 e. The van der Waals surface area contributed by atoms with E-state index in [1.807, 2.05) is 12.1 Å². The Balaban J connectivity index is 2.67. The van der Waals surface area contributed by atoms with E-state index in [1.54, 1.807) is 12.1 Å². The van der Waals surface area contributed by atoms with Crippen LogP contribution in [0.4, 0.5) is 0 Å². The summed E-state index contributed by atoms with van der Waals surface area (Å²) in [5, 5.41) is -0.0821. The molecule has 0 aliphatic rings. The molecule has 2 N–H and O–H groups in total. The average Bonchev–Trinajstić information content (AvgIpc) is 2.18. The molecule has 0 radical (unpaired) electrons. The maximum atomic E-state index is 10.7. The summed E-state index contributed by atoms with van der Waals surface area (Å²) < 4.78 is 4.90. The van der Waals surface area contributed by atoms with Crippen LogP contribution in [0, 0.1) is 0 Å². The number of alkyl halides is 1. The van der Waals surface area contributed by atoms with Gasteiger partial charge in [-0.25, -0.2) is 0 Å². The molecular formula is C11H14ClNO2. The number of benzene rings is 1. The fraction of sp³-hybridized carbons (Fsp3) is 0.364. The van der Waals surface area contributed by atoms with Crippen molar-refractivity contribution >= 4 is 17.6 Å². The summed E-state index contributed by atoms with van der Waals surface area (Å²) in [7, 11) is 0. The first-order valence-electron chi connectivity index (χ1n) is 4.76. The molecule has 0 aromatic heterocycles. The van der Waals surface area contributed by atoms with Crippen LogP contribution in [0.15, 0.2) is 24.3 Å². The van der Waals surface area contributed by atoms with E-state index in [1.165, 1.54) is 6.92 Å². The summed E-state index contributed by atoms with van der Waals surface area (Å²) in [6.45, 7) is 1.92. The highest BCUT2D eigenvalue weighted by Gasteiger charge is 2.06. The van der Waals surface area contributed by atoms with Gasteiger partial charge < -0.3 is 10.5 Å². The van der Waals surface area contributed by atoms with E-state index in [0.717, 1.165) is 12.0 Å². The zero-order chi connectivity index (χ0) is 11.3. The highest BCUT2D eigenvalue weighted by atomic mass is 35.5. The Kier molecular flexibility index (Phi) is 4.59. The molecular weight excluding hydrogens is 214 g/mol. The summed E-state index contributed by atoms with van der Waals surface area (Å²) in [4.78, 5) is 10.7. The van der Waals surface area contributed by atoms with Gasteiger partial charge in [0.15, 0.2) is 0 Å². The van der Waals surface area contributed by atoms with Gasteiger partial charge in [0.25, 0.3) is 0 Å². The summed E-state index contributed by atoms with van der Waals surface area (Å²) in [5.74, 6) is 0.204. The van der Waals surface area contributed by atoms with Crippen LogP contribution in [0.1, 0.15) is 24.3 Å². The van der Waals surface area contributed by atoms with Gasteiger partial charge in [0.05, 0.1) is 5.38 Å². The van der Waals surface area contributed by atoms with E-state index < -0.39 is 0 Å². The minimum atomic E-state index is -0.327. The van der Waals surface area contributed by atoms with Crippen LogP contribution in [0.3, 0.4) is 0 Å². The maximum absolute atomic E-state index is 10.7. The Morgan fingerprint density at radius 1 is 1.47 bits per heavy atom. The van der Waals surface area contributed by atoms with Gasteiger partial charge in [-0.1, -0.05) is 12.1 Å². The lowest BCUT2D eigenvalue weighted by Crippen LogP contribution is -2.04.